The molecular weight excluding hydrogens is 248 g/mol. The molecule has 1 saturated heterocycles. The van der Waals surface area contributed by atoms with Gasteiger partial charge in [-0.05, 0) is 25.7 Å². The summed E-state index contributed by atoms with van der Waals surface area (Å²) in [4.78, 5) is 14.1. The second kappa shape index (κ2) is 11.1. The molecule has 0 aromatic rings. The number of carbonyl (C=O) groups excluding carboxylic acids is 1. The van der Waals surface area contributed by atoms with Gasteiger partial charge in [0.25, 0.3) is 0 Å². The van der Waals surface area contributed by atoms with Gasteiger partial charge in [-0.2, -0.15) is 0 Å². The van der Waals surface area contributed by atoms with Crippen molar-refractivity contribution in [3.8, 4) is 0 Å². The summed E-state index contributed by atoms with van der Waals surface area (Å²) < 4.78 is 0. The quantitative estimate of drug-likeness (QED) is 0.586. The van der Waals surface area contributed by atoms with Crippen LogP contribution in [0.4, 0.5) is 0 Å². The van der Waals surface area contributed by atoms with Crippen LogP contribution in [0.5, 0.6) is 0 Å². The summed E-state index contributed by atoms with van der Waals surface area (Å²) in [6.07, 6.45) is 12.6. The van der Waals surface area contributed by atoms with E-state index in [-0.39, 0.29) is 0 Å². The second-order valence-electron chi connectivity index (χ2n) is 6.16. The van der Waals surface area contributed by atoms with Crippen molar-refractivity contribution < 1.29 is 4.79 Å². The normalized spacial score (nSPS) is 15.2. The lowest BCUT2D eigenvalue weighted by atomic mass is 10.0. The third-order valence-corrected chi connectivity index (χ3v) is 4.31. The number of rotatable bonds is 11. The summed E-state index contributed by atoms with van der Waals surface area (Å²) in [5, 5.41) is 3.52. The number of hydrogen-bond acceptors (Lipinski definition) is 2. The van der Waals surface area contributed by atoms with Crippen molar-refractivity contribution >= 4 is 5.91 Å². The average Bonchev–Trinajstić information content (AvgIpc) is 2.98. The molecule has 3 heteroatoms. The van der Waals surface area contributed by atoms with Crippen LogP contribution in [0.25, 0.3) is 0 Å². The van der Waals surface area contributed by atoms with Crippen LogP contribution in [0.15, 0.2) is 0 Å². The van der Waals surface area contributed by atoms with Crippen molar-refractivity contribution in [3.63, 3.8) is 0 Å². The fourth-order valence-corrected chi connectivity index (χ4v) is 2.94. The van der Waals surface area contributed by atoms with Crippen LogP contribution in [0, 0.1) is 0 Å². The number of nitrogens with one attached hydrogen (secondary N) is 1. The molecule has 1 fully saturated rings. The van der Waals surface area contributed by atoms with Gasteiger partial charge in [0.1, 0.15) is 0 Å². The van der Waals surface area contributed by atoms with Crippen molar-refractivity contribution in [2.75, 3.05) is 19.6 Å². The first-order chi connectivity index (χ1) is 9.77. The fourth-order valence-electron chi connectivity index (χ4n) is 2.94. The molecule has 1 amide bonds. The Bertz CT molecular complexity index is 239. The minimum atomic E-state index is 0.304. The first-order valence-electron chi connectivity index (χ1n) is 8.79. The molecule has 1 aliphatic rings. The number of amides is 1. The van der Waals surface area contributed by atoms with E-state index in [4.69, 9.17) is 0 Å². The van der Waals surface area contributed by atoms with Gasteiger partial charge in [0.05, 0.1) is 6.54 Å². The van der Waals surface area contributed by atoms with Gasteiger partial charge in [-0.15, -0.1) is 0 Å². The molecule has 0 aromatic carbocycles. The number of carbonyl (C=O) groups is 1. The van der Waals surface area contributed by atoms with Crippen LogP contribution < -0.4 is 5.32 Å². The van der Waals surface area contributed by atoms with Crippen molar-refractivity contribution in [2.24, 2.45) is 0 Å². The van der Waals surface area contributed by atoms with Crippen LogP contribution in [0.3, 0.4) is 0 Å². The lowest BCUT2D eigenvalue weighted by Crippen LogP contribution is -2.40. The fraction of sp³-hybridized carbons (Fsp3) is 0.941. The van der Waals surface area contributed by atoms with Crippen LogP contribution in [0.1, 0.15) is 78.1 Å². The minimum Gasteiger partial charge on any atom is -0.342 e. The molecule has 0 unspecified atom stereocenters. The number of likely N-dealkylation sites (tertiary alicyclic amines) is 1. The summed E-state index contributed by atoms with van der Waals surface area (Å²) in [5.74, 6) is 0.304. The Balaban J connectivity index is 2.24. The highest BCUT2D eigenvalue weighted by Crippen LogP contribution is 2.12. The Morgan fingerprint density at radius 2 is 1.55 bits per heavy atom. The Labute approximate surface area is 125 Å². The largest absolute Gasteiger partial charge is 0.342 e. The van der Waals surface area contributed by atoms with Crippen molar-refractivity contribution in [3.05, 3.63) is 0 Å². The zero-order valence-corrected chi connectivity index (χ0v) is 13.6. The predicted molar refractivity (Wildman–Crippen MR) is 85.9 cm³/mol. The Morgan fingerprint density at radius 1 is 1.00 bits per heavy atom. The highest BCUT2D eigenvalue weighted by atomic mass is 16.2. The molecule has 1 heterocycles. The molecule has 0 atom stereocenters. The summed E-state index contributed by atoms with van der Waals surface area (Å²) >= 11 is 0. The van der Waals surface area contributed by atoms with Crippen LogP contribution >= 0.6 is 0 Å². The van der Waals surface area contributed by atoms with E-state index in [1.165, 1.54) is 64.2 Å². The molecule has 1 rings (SSSR count). The molecule has 0 radical (unpaired) electrons. The van der Waals surface area contributed by atoms with Gasteiger partial charge in [-0.3, -0.25) is 4.79 Å². The van der Waals surface area contributed by atoms with E-state index < -0.39 is 0 Å². The Kier molecular flexibility index (Phi) is 9.73. The third-order valence-electron chi connectivity index (χ3n) is 4.31. The molecule has 118 valence electrons. The Hall–Kier alpha value is -0.570. The van der Waals surface area contributed by atoms with Gasteiger partial charge in [0.15, 0.2) is 0 Å². The summed E-state index contributed by atoms with van der Waals surface area (Å²) in [7, 11) is 0. The molecule has 1 N–H and O–H groups in total. The first-order valence-corrected chi connectivity index (χ1v) is 8.79. The molecule has 0 aromatic heterocycles. The highest BCUT2D eigenvalue weighted by Gasteiger charge is 2.18. The standard InChI is InChI=1S/C17H34N2O/c1-3-5-7-11-16(12-8-6-4-2)18-15-17(20)19-13-9-10-14-19/h16,18H,3-15H2,1-2H3. The summed E-state index contributed by atoms with van der Waals surface area (Å²) in [5.41, 5.74) is 0. The maximum absolute atomic E-state index is 12.1. The maximum atomic E-state index is 12.1. The molecule has 0 spiro atoms. The van der Waals surface area contributed by atoms with Gasteiger partial charge in [0.2, 0.25) is 5.91 Å². The van der Waals surface area contributed by atoms with E-state index in [0.717, 1.165) is 13.1 Å². The van der Waals surface area contributed by atoms with Crippen LogP contribution in [0.2, 0.25) is 0 Å². The lowest BCUT2D eigenvalue weighted by molar-refractivity contribution is -0.129. The number of hydrogen-bond donors (Lipinski definition) is 1. The molecule has 20 heavy (non-hydrogen) atoms. The summed E-state index contributed by atoms with van der Waals surface area (Å²) in [6, 6.07) is 0.541. The van der Waals surface area contributed by atoms with Gasteiger partial charge < -0.3 is 10.2 Å². The molecule has 0 aliphatic carbocycles. The van der Waals surface area contributed by atoms with E-state index >= 15 is 0 Å². The van der Waals surface area contributed by atoms with E-state index in [1.807, 2.05) is 4.90 Å². The molecule has 0 saturated carbocycles. The monoisotopic (exact) mass is 282 g/mol. The first kappa shape index (κ1) is 17.5. The molecule has 1 aliphatic heterocycles. The van der Waals surface area contributed by atoms with Gasteiger partial charge in [-0.25, -0.2) is 0 Å². The van der Waals surface area contributed by atoms with Gasteiger partial charge >= 0.3 is 0 Å². The molecule has 0 bridgehead atoms. The SMILES string of the molecule is CCCCCC(CCCCC)NCC(=O)N1CCCC1. The third kappa shape index (κ3) is 7.28. The zero-order valence-electron chi connectivity index (χ0n) is 13.6. The minimum absolute atomic E-state index is 0.304. The van der Waals surface area contributed by atoms with Crippen molar-refractivity contribution in [1.82, 2.24) is 10.2 Å². The highest BCUT2D eigenvalue weighted by molar-refractivity contribution is 5.78. The van der Waals surface area contributed by atoms with E-state index in [2.05, 4.69) is 19.2 Å². The van der Waals surface area contributed by atoms with E-state index in [1.54, 1.807) is 0 Å². The summed E-state index contributed by atoms with van der Waals surface area (Å²) in [6.45, 7) is 6.98. The molecular formula is C17H34N2O. The second-order valence-corrected chi connectivity index (χ2v) is 6.16. The van der Waals surface area contributed by atoms with Gasteiger partial charge in [-0.1, -0.05) is 52.4 Å². The zero-order chi connectivity index (χ0) is 14.6. The van der Waals surface area contributed by atoms with Crippen LogP contribution in [-0.2, 0) is 4.79 Å². The number of nitrogens with zero attached hydrogens (tertiary/aromatic N) is 1. The average molecular weight is 282 g/mol. The Morgan fingerprint density at radius 3 is 2.05 bits per heavy atom. The van der Waals surface area contributed by atoms with Crippen molar-refractivity contribution in [1.29, 1.82) is 0 Å². The van der Waals surface area contributed by atoms with Crippen LogP contribution in [-0.4, -0.2) is 36.5 Å². The van der Waals surface area contributed by atoms with E-state index in [9.17, 15) is 4.79 Å². The van der Waals surface area contributed by atoms with Crippen molar-refractivity contribution in [2.45, 2.75) is 84.1 Å². The van der Waals surface area contributed by atoms with E-state index in [0.29, 0.717) is 18.5 Å². The maximum Gasteiger partial charge on any atom is 0.236 e. The predicted octanol–water partition coefficient (Wildman–Crippen LogP) is 3.73. The van der Waals surface area contributed by atoms with Gasteiger partial charge in [0, 0.05) is 19.1 Å². The smallest absolute Gasteiger partial charge is 0.236 e. The number of unbranched alkanes of at least 4 members (excludes halogenated alkanes) is 4. The lowest BCUT2D eigenvalue weighted by Gasteiger charge is -2.21. The molecule has 3 nitrogen and oxygen atoms in total. The topological polar surface area (TPSA) is 32.3 Å².